The number of nitrogens with zero attached hydrogens (tertiary/aromatic N) is 7. The molecule has 5 heterocycles. The van der Waals surface area contributed by atoms with Gasteiger partial charge in [0.15, 0.2) is 17.3 Å². The molecular weight excluding hydrogens is 725 g/mol. The molecule has 0 saturated carbocycles. The molecule has 2 aromatic heterocycles. The van der Waals surface area contributed by atoms with E-state index in [1.807, 2.05) is 0 Å². The molecule has 8 heteroatoms. The van der Waals surface area contributed by atoms with Crippen molar-refractivity contribution in [1.29, 1.82) is 0 Å². The Morgan fingerprint density at radius 1 is 0.424 bits per heavy atom. The van der Waals surface area contributed by atoms with Crippen LogP contribution in [0.1, 0.15) is 29.2 Å². The second-order valence-corrected chi connectivity index (χ2v) is 16.1. The minimum absolute atomic E-state index is 0.615. The largest absolute Gasteiger partial charge is 0.342 e. The Bertz CT molecular complexity index is 3800. The first-order valence-electron chi connectivity index (χ1n) is 20.0. The first kappa shape index (κ1) is 32.4. The molecule has 3 aliphatic rings. The first-order chi connectivity index (χ1) is 28.9. The van der Waals surface area contributed by atoms with Crippen LogP contribution in [0.4, 0.5) is 11.6 Å². The summed E-state index contributed by atoms with van der Waals surface area (Å²) in [5, 5.41) is 17.0. The summed E-state index contributed by atoms with van der Waals surface area (Å²) in [6, 6.07) is 51.8. The third-order valence-corrected chi connectivity index (χ3v) is 12.6. The van der Waals surface area contributed by atoms with Crippen molar-refractivity contribution in [3.63, 3.8) is 0 Å². The molecule has 0 radical (unpaired) electrons. The van der Waals surface area contributed by atoms with E-state index in [0.29, 0.717) is 11.7 Å². The Kier molecular flexibility index (Phi) is 6.29. The Hall–Kier alpha value is -7.71. The highest BCUT2D eigenvalue weighted by atomic mass is 15.2. The summed E-state index contributed by atoms with van der Waals surface area (Å²) in [7, 11) is 4.12. The molecule has 1 N–H and O–H groups in total. The molecular formula is C51H34N8. The number of amidine groups is 3. The van der Waals surface area contributed by atoms with Gasteiger partial charge in [-0.1, -0.05) is 97.1 Å². The third-order valence-electron chi connectivity index (χ3n) is 12.6. The number of aromatic nitrogens is 2. The van der Waals surface area contributed by atoms with Gasteiger partial charge in [0.05, 0.1) is 0 Å². The van der Waals surface area contributed by atoms with Crippen LogP contribution in [-0.2, 0) is 19.8 Å². The van der Waals surface area contributed by atoms with E-state index in [2.05, 4.69) is 181 Å². The number of aliphatic imine (C=N–C) groups is 3. The van der Waals surface area contributed by atoms with Crippen LogP contribution in [-0.4, -0.2) is 26.6 Å². The molecule has 0 spiro atoms. The number of fused-ring (bicyclic) bond motifs is 23. The molecule has 1 unspecified atom stereocenters. The lowest BCUT2D eigenvalue weighted by Crippen LogP contribution is -2.38. The van der Waals surface area contributed by atoms with Crippen molar-refractivity contribution in [2.75, 3.05) is 0 Å². The van der Waals surface area contributed by atoms with Crippen LogP contribution in [0.3, 0.4) is 0 Å². The zero-order valence-corrected chi connectivity index (χ0v) is 32.5. The van der Waals surface area contributed by atoms with Crippen molar-refractivity contribution < 1.29 is 0 Å². The van der Waals surface area contributed by atoms with Crippen molar-refractivity contribution in [2.24, 2.45) is 39.1 Å². The smallest absolute Gasteiger partial charge is 0.164 e. The van der Waals surface area contributed by atoms with Gasteiger partial charge in [0.2, 0.25) is 0 Å². The minimum Gasteiger partial charge on any atom is -0.342 e. The van der Waals surface area contributed by atoms with Gasteiger partial charge in [-0.05, 0) is 98.5 Å². The molecule has 0 amide bonds. The summed E-state index contributed by atoms with van der Waals surface area (Å²) < 4.78 is 4.23. The Morgan fingerprint density at radius 3 is 1.39 bits per heavy atom. The topological polar surface area (TPSA) is 83.7 Å². The summed E-state index contributed by atoms with van der Waals surface area (Å²) in [5.74, 6) is 3.56. The fourth-order valence-corrected chi connectivity index (χ4v) is 9.59. The van der Waals surface area contributed by atoms with Gasteiger partial charge in [-0.25, -0.2) is 25.0 Å². The molecule has 0 saturated heterocycles. The van der Waals surface area contributed by atoms with Crippen molar-refractivity contribution in [3.8, 4) is 0 Å². The molecule has 59 heavy (non-hydrogen) atoms. The van der Waals surface area contributed by atoms with Crippen molar-refractivity contribution >= 4 is 93.8 Å². The monoisotopic (exact) mass is 758 g/mol. The summed E-state index contributed by atoms with van der Waals surface area (Å²) in [4.78, 5) is 27.6. The summed E-state index contributed by atoms with van der Waals surface area (Å²) >= 11 is 0. The highest BCUT2D eigenvalue weighted by Gasteiger charge is 2.39. The van der Waals surface area contributed by atoms with Gasteiger partial charge in [-0.2, -0.15) is 0 Å². The molecule has 8 nitrogen and oxygen atoms in total. The van der Waals surface area contributed by atoms with Gasteiger partial charge >= 0.3 is 0 Å². The molecule has 8 bridgehead atoms. The lowest BCUT2D eigenvalue weighted by Gasteiger charge is -2.21. The minimum atomic E-state index is -0.880. The van der Waals surface area contributed by atoms with E-state index in [-0.39, 0.29) is 0 Å². The van der Waals surface area contributed by atoms with Gasteiger partial charge in [0.25, 0.3) is 0 Å². The maximum absolute atomic E-state index is 5.73. The van der Waals surface area contributed by atoms with Crippen LogP contribution in [0.15, 0.2) is 171 Å². The van der Waals surface area contributed by atoms with Crippen LogP contribution in [0.25, 0.3) is 64.6 Å². The predicted octanol–water partition coefficient (Wildman–Crippen LogP) is 9.93. The molecule has 8 aromatic carbocycles. The van der Waals surface area contributed by atoms with E-state index in [4.69, 9.17) is 25.0 Å². The Morgan fingerprint density at radius 2 is 0.847 bits per heavy atom. The lowest BCUT2D eigenvalue weighted by molar-refractivity contribution is 0.458. The molecule has 1 atom stereocenters. The fraction of sp³-hybridized carbons (Fsp3) is 0.0784. The average Bonchev–Trinajstić information content (AvgIpc) is 3.90. The van der Waals surface area contributed by atoms with Gasteiger partial charge < -0.3 is 14.5 Å². The summed E-state index contributed by atoms with van der Waals surface area (Å²) in [6.07, 6.45) is 0. The van der Waals surface area contributed by atoms with Crippen LogP contribution >= 0.6 is 0 Å². The second-order valence-electron chi connectivity index (χ2n) is 16.1. The lowest BCUT2D eigenvalue weighted by atomic mass is 9.96. The van der Waals surface area contributed by atoms with Crippen LogP contribution < -0.4 is 16.3 Å². The second kappa shape index (κ2) is 11.5. The standard InChI is InChI=1S/C51H34N8/c1-51-43-27-35-19-11-10-18-34(35)26-42(43)46(56-51)55-49-39-23-31-15-7-6-14-30(31)22-38(39)47(58(49)2)53-44-36-20-28-12-4-5-13-29(28)21-37(36)45(52-44)54-48-40-24-32-16-8-9-17-33(32)25-41(40)50(57-51)59(48)3/h4-27H,1-3H3,(H,55,56)/b53-44-,54-48?,57-50-. The van der Waals surface area contributed by atoms with Gasteiger partial charge in [0, 0.05) is 57.9 Å². The van der Waals surface area contributed by atoms with E-state index in [1.54, 1.807) is 0 Å². The van der Waals surface area contributed by atoms with E-state index in [1.165, 1.54) is 0 Å². The number of hydrogen-bond acceptors (Lipinski definition) is 6. The highest BCUT2D eigenvalue weighted by Crippen LogP contribution is 2.43. The van der Waals surface area contributed by atoms with E-state index >= 15 is 0 Å². The van der Waals surface area contributed by atoms with Gasteiger partial charge in [-0.3, -0.25) is 0 Å². The predicted molar refractivity (Wildman–Crippen MR) is 240 cm³/mol. The van der Waals surface area contributed by atoms with Crippen LogP contribution in [0, 0.1) is 0 Å². The zero-order chi connectivity index (χ0) is 39.1. The fourth-order valence-electron chi connectivity index (χ4n) is 9.59. The number of nitrogens with one attached hydrogen (secondary N) is 1. The average molecular weight is 759 g/mol. The SMILES string of the molecule is Cn1c2c3cc4ccccc4cc3c1/N=C1\NC(C)(/N=c3/c4cc5ccccc5cc4c(n3C)=NC3=N/C(=N\2)c2cc4ccccc4cc23)c2cc3ccccc3cc21. The van der Waals surface area contributed by atoms with Crippen molar-refractivity contribution in [1.82, 2.24) is 14.5 Å². The van der Waals surface area contributed by atoms with E-state index < -0.39 is 5.66 Å². The first-order valence-corrected chi connectivity index (χ1v) is 20.0. The molecule has 278 valence electrons. The zero-order valence-electron chi connectivity index (χ0n) is 32.5. The van der Waals surface area contributed by atoms with Gasteiger partial charge in [-0.15, -0.1) is 0 Å². The number of hydrogen-bond donors (Lipinski definition) is 1. The van der Waals surface area contributed by atoms with E-state index in [9.17, 15) is 0 Å². The Balaban J connectivity index is 1.22. The molecule has 0 fully saturated rings. The normalized spacial score (nSPS) is 19.2. The van der Waals surface area contributed by atoms with Crippen LogP contribution in [0.2, 0.25) is 0 Å². The van der Waals surface area contributed by atoms with Crippen molar-refractivity contribution in [3.05, 3.63) is 179 Å². The van der Waals surface area contributed by atoms with Crippen LogP contribution in [0.5, 0.6) is 0 Å². The van der Waals surface area contributed by atoms with E-state index in [0.717, 1.165) is 115 Å². The maximum atomic E-state index is 5.73. The summed E-state index contributed by atoms with van der Waals surface area (Å²) in [6.45, 7) is 2.16. The van der Waals surface area contributed by atoms with Crippen molar-refractivity contribution in [2.45, 2.75) is 12.6 Å². The molecule has 13 rings (SSSR count). The summed E-state index contributed by atoms with van der Waals surface area (Å²) in [5.41, 5.74) is 4.67. The number of benzene rings is 8. The number of rotatable bonds is 0. The van der Waals surface area contributed by atoms with Gasteiger partial charge in [0.1, 0.15) is 28.4 Å². The molecule has 3 aliphatic heterocycles. The Labute approximate surface area is 337 Å². The quantitative estimate of drug-likeness (QED) is 0.164. The molecule has 10 aromatic rings. The third kappa shape index (κ3) is 4.56. The molecule has 0 aliphatic carbocycles. The highest BCUT2D eigenvalue weighted by molar-refractivity contribution is 6.25. The maximum Gasteiger partial charge on any atom is 0.164 e.